The van der Waals surface area contributed by atoms with Crippen LogP contribution in [0.3, 0.4) is 0 Å². The maximum absolute atomic E-state index is 12.6. The number of sulfonamides is 1. The van der Waals surface area contributed by atoms with Crippen LogP contribution in [0.1, 0.15) is 22.8 Å². The second-order valence-electron chi connectivity index (χ2n) is 6.21. The van der Waals surface area contributed by atoms with Gasteiger partial charge in [-0.05, 0) is 74.0 Å². The van der Waals surface area contributed by atoms with Gasteiger partial charge in [0.2, 0.25) is 0 Å². The maximum Gasteiger partial charge on any atom is 0.261 e. The van der Waals surface area contributed by atoms with Gasteiger partial charge in [-0.3, -0.25) is 9.52 Å². The minimum atomic E-state index is -3.78. The molecule has 0 fully saturated rings. The number of pyridine rings is 1. The molecule has 8 heteroatoms. The SMILES string of the molecule is CCOc1ccc(NS(=O)(=O)c2ccc(C(=O)Nc3ncccc3C)cc2)cc1. The van der Waals surface area contributed by atoms with E-state index in [4.69, 9.17) is 4.74 Å². The van der Waals surface area contributed by atoms with E-state index >= 15 is 0 Å². The van der Waals surface area contributed by atoms with Crippen molar-refractivity contribution < 1.29 is 17.9 Å². The number of ether oxygens (including phenoxy) is 1. The fourth-order valence-corrected chi connectivity index (χ4v) is 3.64. The number of nitrogens with zero attached hydrogens (tertiary/aromatic N) is 1. The van der Waals surface area contributed by atoms with Crippen molar-refractivity contribution >= 4 is 27.4 Å². The molecule has 0 radical (unpaired) electrons. The van der Waals surface area contributed by atoms with Gasteiger partial charge in [-0.15, -0.1) is 0 Å². The first-order valence-corrected chi connectivity index (χ1v) is 10.5. The summed E-state index contributed by atoms with van der Waals surface area (Å²) in [5.74, 6) is 0.760. The molecule has 3 aromatic rings. The molecule has 2 aromatic carbocycles. The quantitative estimate of drug-likeness (QED) is 0.616. The predicted octanol–water partition coefficient (Wildman–Crippen LogP) is 3.84. The number of carbonyl (C=O) groups is 1. The number of anilines is 2. The third-order valence-electron chi connectivity index (χ3n) is 4.09. The number of hydrogen-bond donors (Lipinski definition) is 2. The molecule has 0 unspecified atom stereocenters. The van der Waals surface area contributed by atoms with Crippen LogP contribution >= 0.6 is 0 Å². The zero-order chi connectivity index (χ0) is 20.9. The predicted molar refractivity (Wildman–Crippen MR) is 112 cm³/mol. The third-order valence-corrected chi connectivity index (χ3v) is 5.48. The first-order chi connectivity index (χ1) is 13.9. The van der Waals surface area contributed by atoms with E-state index in [1.807, 2.05) is 19.9 Å². The van der Waals surface area contributed by atoms with E-state index in [0.29, 0.717) is 29.4 Å². The third kappa shape index (κ3) is 5.11. The lowest BCUT2D eigenvalue weighted by Crippen LogP contribution is -2.15. The van der Waals surface area contributed by atoms with Crippen molar-refractivity contribution in [1.29, 1.82) is 0 Å². The summed E-state index contributed by atoms with van der Waals surface area (Å²) >= 11 is 0. The highest BCUT2D eigenvalue weighted by Gasteiger charge is 2.16. The minimum absolute atomic E-state index is 0.0527. The Bertz CT molecular complexity index is 1100. The molecule has 3 rings (SSSR count). The normalized spacial score (nSPS) is 11.0. The first kappa shape index (κ1) is 20.3. The monoisotopic (exact) mass is 411 g/mol. The van der Waals surface area contributed by atoms with Gasteiger partial charge in [0.25, 0.3) is 15.9 Å². The molecule has 0 atom stereocenters. The lowest BCUT2D eigenvalue weighted by atomic mass is 10.2. The van der Waals surface area contributed by atoms with Crippen LogP contribution in [0.25, 0.3) is 0 Å². The molecule has 150 valence electrons. The van der Waals surface area contributed by atoms with Gasteiger partial charge in [0.05, 0.1) is 11.5 Å². The summed E-state index contributed by atoms with van der Waals surface area (Å²) in [7, 11) is -3.78. The van der Waals surface area contributed by atoms with Gasteiger partial charge in [0.1, 0.15) is 11.6 Å². The number of nitrogens with one attached hydrogen (secondary N) is 2. The first-order valence-electron chi connectivity index (χ1n) is 8.98. The minimum Gasteiger partial charge on any atom is -0.494 e. The zero-order valence-corrected chi connectivity index (χ0v) is 16.9. The lowest BCUT2D eigenvalue weighted by Gasteiger charge is -2.10. The molecular formula is C21H21N3O4S. The van der Waals surface area contributed by atoms with Crippen molar-refractivity contribution in [1.82, 2.24) is 4.98 Å². The Morgan fingerprint density at radius 3 is 2.34 bits per heavy atom. The molecule has 0 aliphatic rings. The van der Waals surface area contributed by atoms with Crippen LogP contribution in [0, 0.1) is 6.92 Å². The van der Waals surface area contributed by atoms with Crippen LogP contribution in [0.4, 0.5) is 11.5 Å². The van der Waals surface area contributed by atoms with Crippen LogP contribution in [-0.2, 0) is 10.0 Å². The second kappa shape index (κ2) is 8.74. The maximum atomic E-state index is 12.6. The summed E-state index contributed by atoms with van der Waals surface area (Å²) in [4.78, 5) is 16.5. The number of rotatable bonds is 7. The summed E-state index contributed by atoms with van der Waals surface area (Å²) in [6.07, 6.45) is 1.59. The molecule has 0 saturated carbocycles. The Labute approximate surface area is 169 Å². The highest BCUT2D eigenvalue weighted by Crippen LogP contribution is 2.20. The Hall–Kier alpha value is -3.39. The average molecular weight is 411 g/mol. The number of amides is 1. The lowest BCUT2D eigenvalue weighted by molar-refractivity contribution is 0.102. The highest BCUT2D eigenvalue weighted by molar-refractivity contribution is 7.92. The van der Waals surface area contributed by atoms with Crippen molar-refractivity contribution in [2.24, 2.45) is 0 Å². The van der Waals surface area contributed by atoms with E-state index in [2.05, 4.69) is 15.0 Å². The molecule has 29 heavy (non-hydrogen) atoms. The summed E-state index contributed by atoms with van der Waals surface area (Å²) in [6.45, 7) is 4.24. The fraction of sp³-hybridized carbons (Fsp3) is 0.143. The van der Waals surface area contributed by atoms with E-state index < -0.39 is 10.0 Å². The molecule has 0 aliphatic heterocycles. The van der Waals surface area contributed by atoms with Gasteiger partial charge in [0.15, 0.2) is 0 Å². The Morgan fingerprint density at radius 1 is 1.03 bits per heavy atom. The van der Waals surface area contributed by atoms with Gasteiger partial charge in [0, 0.05) is 17.4 Å². The zero-order valence-electron chi connectivity index (χ0n) is 16.0. The van der Waals surface area contributed by atoms with Gasteiger partial charge >= 0.3 is 0 Å². The summed E-state index contributed by atoms with van der Waals surface area (Å²) < 4.78 is 33.0. The average Bonchev–Trinajstić information content (AvgIpc) is 2.71. The molecule has 0 aliphatic carbocycles. The fourth-order valence-electron chi connectivity index (χ4n) is 2.58. The molecule has 0 saturated heterocycles. The molecule has 0 bridgehead atoms. The van der Waals surface area contributed by atoms with Crippen LogP contribution in [0.5, 0.6) is 5.75 Å². The van der Waals surface area contributed by atoms with Crippen LogP contribution < -0.4 is 14.8 Å². The smallest absolute Gasteiger partial charge is 0.261 e. The van der Waals surface area contributed by atoms with E-state index in [9.17, 15) is 13.2 Å². The van der Waals surface area contributed by atoms with Crippen LogP contribution in [0.2, 0.25) is 0 Å². The second-order valence-corrected chi connectivity index (χ2v) is 7.89. The van der Waals surface area contributed by atoms with Gasteiger partial charge in [-0.25, -0.2) is 13.4 Å². The van der Waals surface area contributed by atoms with Crippen molar-refractivity contribution in [2.75, 3.05) is 16.6 Å². The number of hydrogen-bond acceptors (Lipinski definition) is 5. The molecular weight excluding hydrogens is 390 g/mol. The van der Waals surface area contributed by atoms with Crippen molar-refractivity contribution in [2.45, 2.75) is 18.7 Å². The molecule has 1 aromatic heterocycles. The largest absolute Gasteiger partial charge is 0.494 e. The summed E-state index contributed by atoms with van der Waals surface area (Å²) in [5.41, 5.74) is 1.58. The van der Waals surface area contributed by atoms with E-state index in [-0.39, 0.29) is 10.8 Å². The molecule has 0 spiro atoms. The van der Waals surface area contributed by atoms with E-state index in [1.54, 1.807) is 36.5 Å². The van der Waals surface area contributed by atoms with Crippen molar-refractivity contribution in [3.8, 4) is 5.75 Å². The summed E-state index contributed by atoms with van der Waals surface area (Å²) in [6, 6.07) is 15.9. The van der Waals surface area contributed by atoms with Crippen LogP contribution in [-0.4, -0.2) is 25.9 Å². The molecule has 1 amide bonds. The Morgan fingerprint density at radius 2 is 1.72 bits per heavy atom. The standard InChI is InChI=1S/C21H21N3O4S/c1-3-28-18-10-8-17(9-11-18)24-29(26,27)19-12-6-16(7-13-19)21(25)23-20-15(2)5-4-14-22-20/h4-14,24H,3H2,1-2H3,(H,22,23,25). The Kier molecular flexibility index (Phi) is 6.13. The number of carbonyl (C=O) groups excluding carboxylic acids is 1. The Balaban J connectivity index is 1.71. The number of aryl methyl sites for hydroxylation is 1. The number of aromatic nitrogens is 1. The highest BCUT2D eigenvalue weighted by atomic mass is 32.2. The van der Waals surface area contributed by atoms with Crippen LogP contribution in [0.15, 0.2) is 71.8 Å². The summed E-state index contributed by atoms with van der Waals surface area (Å²) in [5, 5.41) is 2.71. The van der Waals surface area contributed by atoms with Gasteiger partial charge in [-0.1, -0.05) is 6.07 Å². The molecule has 7 nitrogen and oxygen atoms in total. The van der Waals surface area contributed by atoms with E-state index in [1.165, 1.54) is 24.3 Å². The molecule has 1 heterocycles. The van der Waals surface area contributed by atoms with Crippen molar-refractivity contribution in [3.63, 3.8) is 0 Å². The van der Waals surface area contributed by atoms with Gasteiger partial charge < -0.3 is 10.1 Å². The van der Waals surface area contributed by atoms with E-state index in [0.717, 1.165) is 5.56 Å². The number of benzene rings is 2. The van der Waals surface area contributed by atoms with Gasteiger partial charge in [-0.2, -0.15) is 0 Å². The molecule has 2 N–H and O–H groups in total. The van der Waals surface area contributed by atoms with Crippen molar-refractivity contribution in [3.05, 3.63) is 78.0 Å². The topological polar surface area (TPSA) is 97.4 Å².